The first-order chi connectivity index (χ1) is 8.14. The predicted octanol–water partition coefficient (Wildman–Crippen LogP) is 0.382. The minimum absolute atomic E-state index is 0.0164. The van der Waals surface area contributed by atoms with Gasteiger partial charge in [0.25, 0.3) is 0 Å². The van der Waals surface area contributed by atoms with Crippen LogP contribution in [0.1, 0.15) is 6.92 Å². The van der Waals surface area contributed by atoms with Crippen molar-refractivity contribution in [1.82, 2.24) is 0 Å². The van der Waals surface area contributed by atoms with Crippen molar-refractivity contribution in [2.75, 3.05) is 11.9 Å². The molecule has 0 amide bonds. The molecule has 8 heteroatoms. The molecule has 0 saturated carbocycles. The van der Waals surface area contributed by atoms with E-state index in [0.29, 0.717) is 0 Å². The molecule has 0 aromatic heterocycles. The SMILES string of the molecule is CC(C(=O)O)N(C)c1ccc(S(N)(=O)=O)cc1F. The van der Waals surface area contributed by atoms with Gasteiger partial charge in [0, 0.05) is 7.05 Å². The van der Waals surface area contributed by atoms with Crippen LogP contribution in [0.15, 0.2) is 23.1 Å². The van der Waals surface area contributed by atoms with Crippen LogP contribution in [-0.4, -0.2) is 32.6 Å². The zero-order chi connectivity index (χ0) is 14.1. The molecule has 0 aliphatic rings. The number of rotatable bonds is 4. The molecule has 0 spiro atoms. The van der Waals surface area contributed by atoms with E-state index in [9.17, 15) is 17.6 Å². The molecule has 0 saturated heterocycles. The zero-order valence-corrected chi connectivity index (χ0v) is 10.6. The Kier molecular flexibility index (Phi) is 3.92. The van der Waals surface area contributed by atoms with Gasteiger partial charge < -0.3 is 10.0 Å². The van der Waals surface area contributed by atoms with Crippen molar-refractivity contribution in [3.63, 3.8) is 0 Å². The fraction of sp³-hybridized carbons (Fsp3) is 0.300. The second kappa shape index (κ2) is 4.91. The lowest BCUT2D eigenvalue weighted by molar-refractivity contribution is -0.138. The Morgan fingerprint density at radius 3 is 2.44 bits per heavy atom. The lowest BCUT2D eigenvalue weighted by Crippen LogP contribution is -2.36. The summed E-state index contributed by atoms with van der Waals surface area (Å²) >= 11 is 0. The maximum Gasteiger partial charge on any atom is 0.326 e. The van der Waals surface area contributed by atoms with Crippen molar-refractivity contribution in [3.8, 4) is 0 Å². The summed E-state index contributed by atoms with van der Waals surface area (Å²) in [6, 6.07) is 2.11. The molecular weight excluding hydrogens is 263 g/mol. The Balaban J connectivity index is 3.18. The molecule has 1 rings (SSSR count). The molecule has 100 valence electrons. The summed E-state index contributed by atoms with van der Waals surface area (Å²) in [6.07, 6.45) is 0. The summed E-state index contributed by atoms with van der Waals surface area (Å²) in [5.41, 5.74) is -0.0164. The first-order valence-electron chi connectivity index (χ1n) is 4.92. The highest BCUT2D eigenvalue weighted by molar-refractivity contribution is 7.89. The van der Waals surface area contributed by atoms with E-state index in [0.717, 1.165) is 12.1 Å². The minimum Gasteiger partial charge on any atom is -0.480 e. The summed E-state index contributed by atoms with van der Waals surface area (Å²) in [5, 5.41) is 13.7. The summed E-state index contributed by atoms with van der Waals surface area (Å²) in [4.78, 5) is 11.6. The van der Waals surface area contributed by atoms with Crippen LogP contribution in [0.5, 0.6) is 0 Å². The average Bonchev–Trinajstić information content (AvgIpc) is 2.25. The van der Waals surface area contributed by atoms with Crippen LogP contribution < -0.4 is 10.0 Å². The smallest absolute Gasteiger partial charge is 0.326 e. The molecule has 0 bridgehead atoms. The van der Waals surface area contributed by atoms with E-state index in [2.05, 4.69) is 0 Å². The number of nitrogens with zero attached hydrogens (tertiary/aromatic N) is 1. The number of aliphatic carboxylic acids is 1. The molecule has 1 aromatic carbocycles. The van der Waals surface area contributed by atoms with E-state index in [1.807, 2.05) is 0 Å². The van der Waals surface area contributed by atoms with Gasteiger partial charge in [-0.05, 0) is 25.1 Å². The molecule has 0 aliphatic heterocycles. The van der Waals surface area contributed by atoms with Crippen molar-refractivity contribution in [1.29, 1.82) is 0 Å². The van der Waals surface area contributed by atoms with Crippen LogP contribution in [-0.2, 0) is 14.8 Å². The van der Waals surface area contributed by atoms with Crippen LogP contribution in [0.25, 0.3) is 0 Å². The van der Waals surface area contributed by atoms with Crippen LogP contribution >= 0.6 is 0 Å². The molecule has 0 heterocycles. The molecule has 1 unspecified atom stereocenters. The van der Waals surface area contributed by atoms with Crippen LogP contribution in [0.3, 0.4) is 0 Å². The Labute approximate surface area is 104 Å². The first kappa shape index (κ1) is 14.4. The third-order valence-electron chi connectivity index (χ3n) is 2.57. The number of sulfonamides is 1. The van der Waals surface area contributed by atoms with Gasteiger partial charge in [0.05, 0.1) is 10.6 Å². The monoisotopic (exact) mass is 276 g/mol. The topological polar surface area (TPSA) is 101 Å². The van der Waals surface area contributed by atoms with Crippen molar-refractivity contribution < 1.29 is 22.7 Å². The Morgan fingerprint density at radius 2 is 2.06 bits per heavy atom. The van der Waals surface area contributed by atoms with Gasteiger partial charge >= 0.3 is 5.97 Å². The van der Waals surface area contributed by atoms with E-state index in [-0.39, 0.29) is 10.6 Å². The summed E-state index contributed by atoms with van der Waals surface area (Å²) in [7, 11) is -2.58. The molecule has 0 aliphatic carbocycles. The lowest BCUT2D eigenvalue weighted by Gasteiger charge is -2.24. The number of carboxylic acids is 1. The number of carboxylic acid groups (broad SMARTS) is 1. The average molecular weight is 276 g/mol. The van der Waals surface area contributed by atoms with Crippen molar-refractivity contribution in [2.24, 2.45) is 5.14 Å². The largest absolute Gasteiger partial charge is 0.480 e. The highest BCUT2D eigenvalue weighted by Crippen LogP contribution is 2.22. The number of hydrogen-bond acceptors (Lipinski definition) is 4. The molecule has 0 radical (unpaired) electrons. The zero-order valence-electron chi connectivity index (χ0n) is 9.79. The van der Waals surface area contributed by atoms with Gasteiger partial charge in [-0.15, -0.1) is 0 Å². The normalized spacial score (nSPS) is 13.1. The van der Waals surface area contributed by atoms with Gasteiger partial charge in [-0.25, -0.2) is 22.7 Å². The number of hydrogen-bond donors (Lipinski definition) is 2. The maximum absolute atomic E-state index is 13.7. The summed E-state index contributed by atoms with van der Waals surface area (Å²) in [6.45, 7) is 1.38. The van der Waals surface area contributed by atoms with Gasteiger partial charge in [-0.1, -0.05) is 0 Å². The van der Waals surface area contributed by atoms with Crippen LogP contribution in [0, 0.1) is 5.82 Å². The lowest BCUT2D eigenvalue weighted by atomic mass is 10.2. The van der Waals surface area contributed by atoms with Crippen molar-refractivity contribution in [3.05, 3.63) is 24.0 Å². The fourth-order valence-corrected chi connectivity index (χ4v) is 1.85. The maximum atomic E-state index is 13.7. The molecule has 18 heavy (non-hydrogen) atoms. The minimum atomic E-state index is -3.98. The predicted molar refractivity (Wildman–Crippen MR) is 63.3 cm³/mol. The second-order valence-electron chi connectivity index (χ2n) is 3.78. The molecule has 1 atom stereocenters. The van der Waals surface area contributed by atoms with Gasteiger partial charge in [0.15, 0.2) is 0 Å². The van der Waals surface area contributed by atoms with Gasteiger partial charge in [-0.2, -0.15) is 0 Å². The van der Waals surface area contributed by atoms with E-state index in [1.165, 1.54) is 24.9 Å². The highest BCUT2D eigenvalue weighted by Gasteiger charge is 2.21. The molecule has 3 N–H and O–H groups in total. The summed E-state index contributed by atoms with van der Waals surface area (Å²) < 4.78 is 35.7. The van der Waals surface area contributed by atoms with E-state index >= 15 is 0 Å². The molecule has 0 fully saturated rings. The third-order valence-corrected chi connectivity index (χ3v) is 3.48. The van der Waals surface area contributed by atoms with E-state index in [1.54, 1.807) is 0 Å². The second-order valence-corrected chi connectivity index (χ2v) is 5.34. The Morgan fingerprint density at radius 1 is 1.50 bits per heavy atom. The number of benzene rings is 1. The highest BCUT2D eigenvalue weighted by atomic mass is 32.2. The third kappa shape index (κ3) is 2.96. The van der Waals surface area contributed by atoms with E-state index < -0.39 is 27.9 Å². The number of halogens is 1. The standard InChI is InChI=1S/C10H13FN2O4S/c1-6(10(14)15)13(2)9-4-3-7(5-8(9)11)18(12,16)17/h3-6H,1-2H3,(H,14,15)(H2,12,16,17). The Hall–Kier alpha value is -1.67. The van der Waals surface area contributed by atoms with Crippen molar-refractivity contribution in [2.45, 2.75) is 17.9 Å². The number of likely N-dealkylation sites (N-methyl/N-ethyl adjacent to an activating group) is 1. The van der Waals surface area contributed by atoms with Crippen molar-refractivity contribution >= 4 is 21.7 Å². The summed E-state index contributed by atoms with van der Waals surface area (Å²) in [5.74, 6) is -1.97. The number of primary sulfonamides is 1. The quantitative estimate of drug-likeness (QED) is 0.828. The Bertz CT molecular complexity index is 573. The first-order valence-corrected chi connectivity index (χ1v) is 6.47. The van der Waals surface area contributed by atoms with E-state index in [4.69, 9.17) is 10.2 Å². The number of nitrogens with two attached hydrogens (primary N) is 1. The molecule has 1 aromatic rings. The van der Waals surface area contributed by atoms with Gasteiger partial charge in [0.2, 0.25) is 10.0 Å². The van der Waals surface area contributed by atoms with Gasteiger partial charge in [0.1, 0.15) is 11.9 Å². The van der Waals surface area contributed by atoms with Gasteiger partial charge in [-0.3, -0.25) is 0 Å². The van der Waals surface area contributed by atoms with Crippen LogP contribution in [0.2, 0.25) is 0 Å². The van der Waals surface area contributed by atoms with Crippen LogP contribution in [0.4, 0.5) is 10.1 Å². The number of carbonyl (C=O) groups is 1. The number of anilines is 1. The molecular formula is C10H13FN2O4S. The fourth-order valence-electron chi connectivity index (χ4n) is 1.32. The molecule has 6 nitrogen and oxygen atoms in total.